The normalized spacial score (nSPS) is 18.8. The lowest BCUT2D eigenvalue weighted by molar-refractivity contribution is 0.0586. The number of esters is 1. The first-order valence-electron chi connectivity index (χ1n) is 5.12. The lowest BCUT2D eigenvalue weighted by Gasteiger charge is -2.22. The number of aliphatic hydroxyl groups excluding tert-OH is 1. The third-order valence-electron chi connectivity index (χ3n) is 2.56. The number of rotatable bonds is 3. The molecule has 1 aromatic heterocycles. The predicted octanol–water partition coefficient (Wildman–Crippen LogP) is -0.511. The molecule has 16 heavy (non-hydrogen) atoms. The highest BCUT2D eigenvalue weighted by Crippen LogP contribution is 2.17. The molecule has 2 N–H and O–H groups in total. The second kappa shape index (κ2) is 4.48. The molecule has 0 amide bonds. The molecule has 1 aromatic rings. The molecule has 1 aliphatic rings. The Morgan fingerprint density at radius 3 is 3.25 bits per heavy atom. The number of methoxy groups -OCH3 is 1. The van der Waals surface area contributed by atoms with Crippen molar-refractivity contribution in [3.05, 3.63) is 5.82 Å². The van der Waals surface area contributed by atoms with Gasteiger partial charge in [-0.2, -0.15) is 4.98 Å². The van der Waals surface area contributed by atoms with E-state index >= 15 is 0 Å². The minimum Gasteiger partial charge on any atom is -0.463 e. The van der Waals surface area contributed by atoms with Crippen LogP contribution >= 0.6 is 0 Å². The van der Waals surface area contributed by atoms with Crippen LogP contribution in [0.1, 0.15) is 17.0 Å². The Labute approximate surface area is 92.4 Å². The van der Waals surface area contributed by atoms with Crippen molar-refractivity contribution in [3.63, 3.8) is 0 Å². The Morgan fingerprint density at radius 2 is 2.56 bits per heavy atom. The number of carbonyl (C=O) groups is 1. The summed E-state index contributed by atoms with van der Waals surface area (Å²) >= 11 is 0. The summed E-state index contributed by atoms with van der Waals surface area (Å²) < 4.78 is 6.18. The van der Waals surface area contributed by atoms with Crippen LogP contribution in [0, 0.1) is 5.92 Å². The van der Waals surface area contributed by atoms with Crippen LogP contribution in [0.4, 0.5) is 5.95 Å². The van der Waals surface area contributed by atoms with E-state index in [1.807, 2.05) is 0 Å². The Hall–Kier alpha value is -1.63. The lowest BCUT2D eigenvalue weighted by atomic mass is 10.1. The van der Waals surface area contributed by atoms with Crippen molar-refractivity contribution in [2.45, 2.75) is 13.0 Å². The number of hydrogen-bond acceptors (Lipinski definition) is 6. The van der Waals surface area contributed by atoms with Crippen LogP contribution in [0.15, 0.2) is 0 Å². The van der Waals surface area contributed by atoms with E-state index in [9.17, 15) is 4.79 Å². The van der Waals surface area contributed by atoms with Gasteiger partial charge in [-0.15, -0.1) is 5.10 Å². The largest absolute Gasteiger partial charge is 0.463 e. The van der Waals surface area contributed by atoms with Crippen molar-refractivity contribution in [2.75, 3.05) is 25.6 Å². The van der Waals surface area contributed by atoms with E-state index in [-0.39, 0.29) is 12.4 Å². The second-order valence-electron chi connectivity index (χ2n) is 3.69. The van der Waals surface area contributed by atoms with Crippen LogP contribution in [0.25, 0.3) is 0 Å². The first-order valence-corrected chi connectivity index (χ1v) is 5.12. The van der Waals surface area contributed by atoms with Crippen molar-refractivity contribution in [1.29, 1.82) is 0 Å². The van der Waals surface area contributed by atoms with E-state index < -0.39 is 5.97 Å². The van der Waals surface area contributed by atoms with Gasteiger partial charge in [-0.1, -0.05) is 0 Å². The van der Waals surface area contributed by atoms with Gasteiger partial charge in [0.05, 0.1) is 7.11 Å². The van der Waals surface area contributed by atoms with Crippen molar-refractivity contribution >= 4 is 11.9 Å². The molecule has 2 heterocycles. The number of hydrogen-bond donors (Lipinski definition) is 2. The van der Waals surface area contributed by atoms with Crippen LogP contribution in [0.5, 0.6) is 0 Å². The summed E-state index contributed by atoms with van der Waals surface area (Å²) in [5.74, 6) is 0.413. The number of nitrogens with zero attached hydrogens (tertiary/aromatic N) is 3. The van der Waals surface area contributed by atoms with Crippen LogP contribution in [0.3, 0.4) is 0 Å². The summed E-state index contributed by atoms with van der Waals surface area (Å²) in [6.07, 6.45) is 0.708. The van der Waals surface area contributed by atoms with Crippen LogP contribution in [0.2, 0.25) is 0 Å². The van der Waals surface area contributed by atoms with E-state index in [2.05, 4.69) is 20.1 Å². The molecule has 0 aromatic carbocycles. The zero-order valence-electron chi connectivity index (χ0n) is 9.01. The van der Waals surface area contributed by atoms with Crippen LogP contribution in [-0.2, 0) is 11.3 Å². The summed E-state index contributed by atoms with van der Waals surface area (Å²) in [7, 11) is 1.30. The van der Waals surface area contributed by atoms with E-state index in [0.717, 1.165) is 6.54 Å². The minimum atomic E-state index is -0.539. The second-order valence-corrected chi connectivity index (χ2v) is 3.69. The zero-order valence-corrected chi connectivity index (χ0v) is 9.01. The van der Waals surface area contributed by atoms with E-state index in [4.69, 9.17) is 5.11 Å². The molecule has 1 unspecified atom stereocenters. The van der Waals surface area contributed by atoms with Crippen molar-refractivity contribution in [1.82, 2.24) is 14.8 Å². The molecule has 1 aliphatic heterocycles. The SMILES string of the molecule is COC(=O)c1nc2n(n1)CC(CCO)CN2. The molecule has 0 spiro atoms. The molecule has 0 fully saturated rings. The average Bonchev–Trinajstić information content (AvgIpc) is 2.71. The first kappa shape index (κ1) is 10.9. The molecule has 88 valence electrons. The van der Waals surface area contributed by atoms with Gasteiger partial charge >= 0.3 is 5.97 Å². The Morgan fingerprint density at radius 1 is 1.75 bits per heavy atom. The maximum Gasteiger partial charge on any atom is 0.378 e. The summed E-state index contributed by atoms with van der Waals surface area (Å²) in [6.45, 7) is 1.55. The highest BCUT2D eigenvalue weighted by Gasteiger charge is 2.23. The summed E-state index contributed by atoms with van der Waals surface area (Å²) in [5.41, 5.74) is 0. The van der Waals surface area contributed by atoms with Gasteiger partial charge in [-0.25, -0.2) is 9.48 Å². The maximum absolute atomic E-state index is 11.2. The number of aliphatic hydroxyl groups is 1. The molecule has 0 saturated carbocycles. The molecule has 0 bridgehead atoms. The molecule has 1 atom stereocenters. The fraction of sp³-hybridized carbons (Fsp3) is 0.667. The topological polar surface area (TPSA) is 89.3 Å². The quantitative estimate of drug-likeness (QED) is 0.675. The summed E-state index contributed by atoms with van der Waals surface area (Å²) in [4.78, 5) is 15.2. The Kier molecular flexibility index (Phi) is 3.04. The Bertz CT molecular complexity index is 390. The van der Waals surface area contributed by atoms with E-state index in [0.29, 0.717) is 24.8 Å². The standard InChI is InChI=1S/C9H14N4O3/c1-16-8(15)7-11-9-10-4-6(2-3-14)5-13(9)12-7/h6,14H,2-5H2,1H3,(H,10,11,12). The maximum atomic E-state index is 11.2. The number of fused-ring (bicyclic) bond motifs is 1. The molecular formula is C9H14N4O3. The van der Waals surface area contributed by atoms with Crippen molar-refractivity contribution in [3.8, 4) is 0 Å². The van der Waals surface area contributed by atoms with Crippen LogP contribution < -0.4 is 5.32 Å². The van der Waals surface area contributed by atoms with Gasteiger partial charge in [0.15, 0.2) is 0 Å². The van der Waals surface area contributed by atoms with Gasteiger partial charge in [-0.3, -0.25) is 0 Å². The highest BCUT2D eigenvalue weighted by molar-refractivity contribution is 5.85. The lowest BCUT2D eigenvalue weighted by Crippen LogP contribution is -2.28. The summed E-state index contributed by atoms with van der Waals surface area (Å²) in [6, 6.07) is 0. The molecular weight excluding hydrogens is 212 g/mol. The number of aromatic nitrogens is 3. The van der Waals surface area contributed by atoms with E-state index in [1.165, 1.54) is 7.11 Å². The predicted molar refractivity (Wildman–Crippen MR) is 55.0 cm³/mol. The third-order valence-corrected chi connectivity index (χ3v) is 2.56. The molecule has 0 radical (unpaired) electrons. The van der Waals surface area contributed by atoms with Gasteiger partial charge in [0, 0.05) is 19.7 Å². The molecule has 0 aliphatic carbocycles. The minimum absolute atomic E-state index is 0.0645. The van der Waals surface area contributed by atoms with Crippen molar-refractivity contribution in [2.24, 2.45) is 5.92 Å². The number of carbonyl (C=O) groups excluding carboxylic acids is 1. The highest BCUT2D eigenvalue weighted by atomic mass is 16.5. The van der Waals surface area contributed by atoms with E-state index in [1.54, 1.807) is 4.68 Å². The third kappa shape index (κ3) is 1.99. The Balaban J connectivity index is 2.13. The molecule has 7 nitrogen and oxygen atoms in total. The van der Waals surface area contributed by atoms with Gasteiger partial charge < -0.3 is 15.2 Å². The van der Waals surface area contributed by atoms with Gasteiger partial charge in [0.2, 0.25) is 5.95 Å². The van der Waals surface area contributed by atoms with Gasteiger partial charge in [0.1, 0.15) is 0 Å². The molecule has 0 saturated heterocycles. The van der Waals surface area contributed by atoms with Crippen molar-refractivity contribution < 1.29 is 14.6 Å². The first-order chi connectivity index (χ1) is 7.74. The number of ether oxygens (including phenoxy) is 1. The number of nitrogens with one attached hydrogen (secondary N) is 1. The zero-order chi connectivity index (χ0) is 11.5. The number of anilines is 1. The fourth-order valence-corrected chi connectivity index (χ4v) is 1.70. The summed E-state index contributed by atoms with van der Waals surface area (Å²) in [5, 5.41) is 16.0. The van der Waals surface area contributed by atoms with Crippen LogP contribution in [-0.4, -0.2) is 46.1 Å². The smallest absolute Gasteiger partial charge is 0.378 e. The monoisotopic (exact) mass is 226 g/mol. The fourth-order valence-electron chi connectivity index (χ4n) is 1.70. The average molecular weight is 226 g/mol. The van der Waals surface area contributed by atoms with Gasteiger partial charge in [0.25, 0.3) is 5.82 Å². The molecule has 7 heteroatoms. The van der Waals surface area contributed by atoms with Gasteiger partial charge in [-0.05, 0) is 12.3 Å². The molecule has 2 rings (SSSR count).